The first-order valence-corrected chi connectivity index (χ1v) is 12.0. The molecule has 31 heavy (non-hydrogen) atoms. The van der Waals surface area contributed by atoms with Crippen LogP contribution >= 0.6 is 0 Å². The number of ether oxygens (including phenoxy) is 2. The third-order valence-electron chi connectivity index (χ3n) is 5.96. The van der Waals surface area contributed by atoms with Crippen molar-refractivity contribution in [2.24, 2.45) is 5.92 Å². The van der Waals surface area contributed by atoms with Crippen molar-refractivity contribution >= 4 is 28.6 Å². The molecule has 1 aromatic rings. The summed E-state index contributed by atoms with van der Waals surface area (Å²) in [6, 6.07) is 4.56. The van der Waals surface area contributed by atoms with Crippen LogP contribution in [0.5, 0.6) is 5.75 Å². The second-order valence-electron chi connectivity index (χ2n) is 7.97. The zero-order valence-electron chi connectivity index (χ0n) is 17.9. The van der Waals surface area contributed by atoms with Crippen LogP contribution in [-0.4, -0.2) is 70.1 Å². The normalized spacial score (nSPS) is 17.5. The third kappa shape index (κ3) is 6.49. The van der Waals surface area contributed by atoms with E-state index in [0.717, 1.165) is 6.42 Å². The van der Waals surface area contributed by atoms with E-state index in [-0.39, 0.29) is 23.4 Å². The second-order valence-corrected chi connectivity index (χ2v) is 8.71. The molecule has 1 saturated carbocycles. The fourth-order valence-corrected chi connectivity index (χ4v) is 4.55. The number of anilines is 1. The number of carbonyl (C=O) groups excluding carboxylic acids is 2. The Bertz CT molecular complexity index is 838. The quantitative estimate of drug-likeness (QED) is 0.615. The first-order chi connectivity index (χ1) is 15.0. The lowest BCUT2D eigenvalue weighted by Crippen LogP contribution is -2.50. The molecular weight excluding hydrogens is 422 g/mol. The zero-order chi connectivity index (χ0) is 22.2. The standard InChI is InChI=1S/C21H31N3O6S/c1-29-19-15-17(7-8-18(19)22-31(27)28)20(25)23-10-12-24(13-11-23)21(26)30-14-9-16-5-3-2-4-6-16/h7-8,15-16,31H,2-6,9-14H2,1H3,(H,22,27,28). The Labute approximate surface area is 184 Å². The number of benzene rings is 1. The van der Waals surface area contributed by atoms with Crippen molar-refractivity contribution in [1.29, 1.82) is 0 Å². The molecule has 0 bridgehead atoms. The molecule has 172 valence electrons. The average Bonchev–Trinajstić information content (AvgIpc) is 2.79. The minimum Gasteiger partial charge on any atom is -0.495 e. The van der Waals surface area contributed by atoms with Crippen molar-refractivity contribution < 1.29 is 27.5 Å². The lowest BCUT2D eigenvalue weighted by molar-refractivity contribution is 0.0543. The van der Waals surface area contributed by atoms with Gasteiger partial charge in [-0.2, -0.15) is 0 Å². The van der Waals surface area contributed by atoms with E-state index in [9.17, 15) is 18.0 Å². The number of thiol groups is 1. The maximum absolute atomic E-state index is 12.8. The minimum atomic E-state index is -2.83. The highest BCUT2D eigenvalue weighted by Gasteiger charge is 2.26. The molecule has 2 fully saturated rings. The number of rotatable bonds is 7. The molecule has 0 unspecified atom stereocenters. The Balaban J connectivity index is 1.47. The van der Waals surface area contributed by atoms with Crippen molar-refractivity contribution in [1.82, 2.24) is 9.80 Å². The third-order valence-corrected chi connectivity index (χ3v) is 6.39. The summed E-state index contributed by atoms with van der Waals surface area (Å²) in [4.78, 5) is 28.5. The molecule has 1 aliphatic heterocycles. The number of methoxy groups -OCH3 is 1. The van der Waals surface area contributed by atoms with Crippen LogP contribution < -0.4 is 9.46 Å². The molecule has 3 rings (SSSR count). The van der Waals surface area contributed by atoms with Crippen molar-refractivity contribution in [3.63, 3.8) is 0 Å². The van der Waals surface area contributed by atoms with Gasteiger partial charge in [-0.15, -0.1) is 0 Å². The molecule has 0 aromatic heterocycles. The fraction of sp³-hybridized carbons (Fsp3) is 0.619. The lowest BCUT2D eigenvalue weighted by Gasteiger charge is -2.34. The predicted molar refractivity (Wildman–Crippen MR) is 117 cm³/mol. The van der Waals surface area contributed by atoms with Crippen molar-refractivity contribution in [2.75, 3.05) is 44.6 Å². The lowest BCUT2D eigenvalue weighted by atomic mass is 9.87. The van der Waals surface area contributed by atoms with Gasteiger partial charge in [0, 0.05) is 31.7 Å². The van der Waals surface area contributed by atoms with Gasteiger partial charge in [-0.1, -0.05) is 32.1 Å². The van der Waals surface area contributed by atoms with Crippen molar-refractivity contribution in [3.8, 4) is 5.75 Å². The van der Waals surface area contributed by atoms with E-state index in [2.05, 4.69) is 4.72 Å². The van der Waals surface area contributed by atoms with Gasteiger partial charge in [0.05, 0.1) is 19.4 Å². The van der Waals surface area contributed by atoms with E-state index in [1.807, 2.05) is 0 Å². The van der Waals surface area contributed by atoms with Crippen LogP contribution in [0.4, 0.5) is 10.5 Å². The Morgan fingerprint density at radius 3 is 2.39 bits per heavy atom. The fourth-order valence-electron chi connectivity index (χ4n) is 4.17. The molecule has 2 amide bonds. The molecule has 1 saturated heterocycles. The van der Waals surface area contributed by atoms with Gasteiger partial charge in [0.2, 0.25) is 10.9 Å². The van der Waals surface area contributed by atoms with Gasteiger partial charge in [-0.05, 0) is 30.5 Å². The van der Waals surface area contributed by atoms with Gasteiger partial charge in [0.25, 0.3) is 5.91 Å². The monoisotopic (exact) mass is 453 g/mol. The second kappa shape index (κ2) is 11.2. The van der Waals surface area contributed by atoms with Crippen LogP contribution in [0.3, 0.4) is 0 Å². The van der Waals surface area contributed by atoms with E-state index in [1.165, 1.54) is 51.3 Å². The van der Waals surface area contributed by atoms with E-state index < -0.39 is 10.9 Å². The summed E-state index contributed by atoms with van der Waals surface area (Å²) in [5, 5.41) is 0. The van der Waals surface area contributed by atoms with E-state index in [1.54, 1.807) is 15.9 Å². The van der Waals surface area contributed by atoms with Gasteiger partial charge in [0.1, 0.15) is 5.75 Å². The van der Waals surface area contributed by atoms with Crippen molar-refractivity contribution in [3.05, 3.63) is 23.8 Å². The van der Waals surface area contributed by atoms with Gasteiger partial charge in [0.15, 0.2) is 0 Å². The van der Waals surface area contributed by atoms with E-state index in [0.29, 0.717) is 44.3 Å². The molecule has 1 aliphatic carbocycles. The topological polar surface area (TPSA) is 105 Å². The Kier molecular flexibility index (Phi) is 8.39. The molecule has 1 aromatic carbocycles. The summed E-state index contributed by atoms with van der Waals surface area (Å²) < 4.78 is 34.7. The van der Waals surface area contributed by atoms with E-state index >= 15 is 0 Å². The molecule has 0 atom stereocenters. The van der Waals surface area contributed by atoms with Crippen LogP contribution in [0.25, 0.3) is 0 Å². The molecule has 1 heterocycles. The van der Waals surface area contributed by atoms with Crippen LogP contribution in [0.1, 0.15) is 48.9 Å². The van der Waals surface area contributed by atoms with Gasteiger partial charge in [-0.3, -0.25) is 9.52 Å². The Morgan fingerprint density at radius 1 is 1.06 bits per heavy atom. The van der Waals surface area contributed by atoms with Crippen LogP contribution in [0.15, 0.2) is 18.2 Å². The van der Waals surface area contributed by atoms with Crippen LogP contribution in [-0.2, 0) is 15.6 Å². The first-order valence-electron chi connectivity index (χ1n) is 10.8. The molecular formula is C21H31N3O6S. The summed E-state index contributed by atoms with van der Waals surface area (Å²) in [5.74, 6) is 0.746. The number of amides is 2. The largest absolute Gasteiger partial charge is 0.495 e. The SMILES string of the molecule is COc1cc(C(=O)N2CCN(C(=O)OCCC3CCCCC3)CC2)ccc1N[SH](=O)=O. The first kappa shape index (κ1) is 23.2. The number of nitrogens with zero attached hydrogens (tertiary/aromatic N) is 2. The number of piperazine rings is 1. The smallest absolute Gasteiger partial charge is 0.409 e. The van der Waals surface area contributed by atoms with E-state index in [4.69, 9.17) is 9.47 Å². The molecule has 10 heteroatoms. The summed E-state index contributed by atoms with van der Waals surface area (Å²) in [6.45, 7) is 2.11. The van der Waals surface area contributed by atoms with Gasteiger partial charge >= 0.3 is 6.09 Å². The minimum absolute atomic E-state index is 0.193. The van der Waals surface area contributed by atoms with Crippen LogP contribution in [0.2, 0.25) is 0 Å². The summed E-state index contributed by atoms with van der Waals surface area (Å²) in [7, 11) is -1.42. The highest BCUT2D eigenvalue weighted by atomic mass is 32.2. The maximum Gasteiger partial charge on any atom is 0.409 e. The number of nitrogens with one attached hydrogen (secondary N) is 1. The summed E-state index contributed by atoms with van der Waals surface area (Å²) >= 11 is 0. The van der Waals surface area contributed by atoms with Gasteiger partial charge < -0.3 is 19.3 Å². The zero-order valence-corrected chi connectivity index (χ0v) is 18.8. The molecule has 1 N–H and O–H groups in total. The molecule has 0 radical (unpaired) electrons. The average molecular weight is 454 g/mol. The Hall–Kier alpha value is -2.49. The summed E-state index contributed by atoms with van der Waals surface area (Å²) in [6.07, 6.45) is 6.94. The number of carbonyl (C=O) groups is 2. The highest BCUT2D eigenvalue weighted by molar-refractivity contribution is 7.73. The maximum atomic E-state index is 12.8. The highest BCUT2D eigenvalue weighted by Crippen LogP contribution is 2.27. The number of hydrogen-bond donors (Lipinski definition) is 2. The molecule has 9 nitrogen and oxygen atoms in total. The number of hydrogen-bond acceptors (Lipinski definition) is 6. The van der Waals surface area contributed by atoms with Crippen molar-refractivity contribution in [2.45, 2.75) is 38.5 Å². The summed E-state index contributed by atoms with van der Waals surface area (Å²) in [5.41, 5.74) is 0.669. The predicted octanol–water partition coefficient (Wildman–Crippen LogP) is 2.50. The van der Waals surface area contributed by atoms with Crippen LogP contribution in [0, 0.1) is 5.92 Å². The molecule has 0 spiro atoms. The Morgan fingerprint density at radius 2 is 1.74 bits per heavy atom. The van der Waals surface area contributed by atoms with Gasteiger partial charge in [-0.25, -0.2) is 13.2 Å². The molecule has 2 aliphatic rings.